The van der Waals surface area contributed by atoms with Gasteiger partial charge in [0.2, 0.25) is 0 Å². The van der Waals surface area contributed by atoms with Crippen molar-refractivity contribution in [2.75, 3.05) is 20.2 Å². The first kappa shape index (κ1) is 23.1. The van der Waals surface area contributed by atoms with Crippen molar-refractivity contribution in [1.82, 2.24) is 10.2 Å². The van der Waals surface area contributed by atoms with Gasteiger partial charge in [-0.05, 0) is 43.0 Å². The summed E-state index contributed by atoms with van der Waals surface area (Å²) in [5.41, 5.74) is 3.59. The number of carbonyl (C=O) groups excluding carboxylic acids is 2. The number of alkyl carbamates (subject to hydrolysis) is 1. The molecule has 0 aliphatic heterocycles. The number of rotatable bonds is 6. The average molecular weight is 440 g/mol. The standard InChI is InChI=1S/C24H28N2O6/c1-24(2,3)32-23(30)26(4)13-20(21(27)28)25-22(29)31-14-19-17-11-7-5-9-15(17)16-10-6-8-12-18(16)19/h5-12,19-20H,13-14H2,1-4H3,(H,25,29)(H,27,28)/t20-/m1/s1. The van der Waals surface area contributed by atoms with E-state index >= 15 is 0 Å². The second-order valence-electron chi connectivity index (χ2n) is 8.72. The minimum atomic E-state index is -1.34. The summed E-state index contributed by atoms with van der Waals surface area (Å²) in [6, 6.07) is 14.5. The van der Waals surface area contributed by atoms with Gasteiger partial charge in [0, 0.05) is 13.0 Å². The van der Waals surface area contributed by atoms with Crippen molar-refractivity contribution in [3.8, 4) is 11.1 Å². The molecule has 2 aromatic carbocycles. The second kappa shape index (κ2) is 9.30. The number of benzene rings is 2. The molecule has 2 aromatic rings. The third kappa shape index (κ3) is 5.38. The summed E-state index contributed by atoms with van der Waals surface area (Å²) >= 11 is 0. The Morgan fingerprint density at radius 2 is 1.56 bits per heavy atom. The molecule has 0 heterocycles. The van der Waals surface area contributed by atoms with Crippen LogP contribution in [0, 0.1) is 0 Å². The summed E-state index contributed by atoms with van der Waals surface area (Å²) in [6.07, 6.45) is -1.55. The van der Waals surface area contributed by atoms with Gasteiger partial charge in [-0.15, -0.1) is 0 Å². The number of hydrogen-bond acceptors (Lipinski definition) is 5. The molecule has 2 amide bonds. The molecular formula is C24H28N2O6. The molecule has 8 nitrogen and oxygen atoms in total. The Labute approximate surface area is 187 Å². The second-order valence-corrected chi connectivity index (χ2v) is 8.72. The lowest BCUT2D eigenvalue weighted by atomic mass is 9.98. The molecule has 0 radical (unpaired) electrons. The Hall–Kier alpha value is -3.55. The van der Waals surface area contributed by atoms with Crippen molar-refractivity contribution >= 4 is 18.2 Å². The third-order valence-electron chi connectivity index (χ3n) is 5.10. The lowest BCUT2D eigenvalue weighted by molar-refractivity contribution is -0.139. The van der Waals surface area contributed by atoms with Crippen LogP contribution in [-0.2, 0) is 14.3 Å². The number of aliphatic carboxylic acids is 1. The molecule has 1 aliphatic rings. The Morgan fingerprint density at radius 1 is 1.03 bits per heavy atom. The molecule has 2 N–H and O–H groups in total. The van der Waals surface area contributed by atoms with E-state index in [4.69, 9.17) is 9.47 Å². The highest BCUT2D eigenvalue weighted by Crippen LogP contribution is 2.44. The zero-order valence-electron chi connectivity index (χ0n) is 18.6. The van der Waals surface area contributed by atoms with E-state index in [1.807, 2.05) is 48.5 Å². The molecule has 3 rings (SSSR count). The van der Waals surface area contributed by atoms with Crippen LogP contribution < -0.4 is 5.32 Å². The van der Waals surface area contributed by atoms with Crippen molar-refractivity contribution in [2.24, 2.45) is 0 Å². The summed E-state index contributed by atoms with van der Waals surface area (Å²) in [5, 5.41) is 11.8. The fraction of sp³-hybridized carbons (Fsp3) is 0.375. The molecule has 0 bridgehead atoms. The first-order valence-electron chi connectivity index (χ1n) is 10.3. The van der Waals surface area contributed by atoms with Crippen LogP contribution in [0.4, 0.5) is 9.59 Å². The monoisotopic (exact) mass is 440 g/mol. The van der Waals surface area contributed by atoms with Gasteiger partial charge in [0.1, 0.15) is 18.2 Å². The quantitative estimate of drug-likeness (QED) is 0.707. The van der Waals surface area contributed by atoms with Crippen molar-refractivity contribution in [3.05, 3.63) is 59.7 Å². The van der Waals surface area contributed by atoms with Gasteiger partial charge in [0.25, 0.3) is 0 Å². The van der Waals surface area contributed by atoms with Crippen molar-refractivity contribution in [1.29, 1.82) is 0 Å². The zero-order chi connectivity index (χ0) is 23.5. The number of likely N-dealkylation sites (N-methyl/N-ethyl adjacent to an activating group) is 1. The number of carboxylic acid groups (broad SMARTS) is 1. The summed E-state index contributed by atoms with van der Waals surface area (Å²) in [7, 11) is 1.41. The number of carboxylic acids is 1. The van der Waals surface area contributed by atoms with Gasteiger partial charge in [-0.3, -0.25) is 0 Å². The van der Waals surface area contributed by atoms with Gasteiger partial charge in [-0.1, -0.05) is 48.5 Å². The maximum atomic E-state index is 12.4. The number of carbonyl (C=O) groups is 3. The Bertz CT molecular complexity index is 968. The van der Waals surface area contributed by atoms with E-state index in [0.29, 0.717) is 0 Å². The molecular weight excluding hydrogens is 412 g/mol. The van der Waals surface area contributed by atoms with Crippen LogP contribution in [0.15, 0.2) is 48.5 Å². The first-order valence-corrected chi connectivity index (χ1v) is 10.3. The molecule has 0 saturated carbocycles. The Morgan fingerprint density at radius 3 is 2.06 bits per heavy atom. The van der Waals surface area contributed by atoms with Crippen LogP contribution in [0.2, 0.25) is 0 Å². The lowest BCUT2D eigenvalue weighted by Crippen LogP contribution is -2.49. The lowest BCUT2D eigenvalue weighted by Gasteiger charge is -2.26. The van der Waals surface area contributed by atoms with E-state index in [0.717, 1.165) is 27.2 Å². The fourth-order valence-electron chi connectivity index (χ4n) is 3.66. The van der Waals surface area contributed by atoms with Gasteiger partial charge in [-0.2, -0.15) is 0 Å². The molecule has 1 atom stereocenters. The maximum Gasteiger partial charge on any atom is 0.410 e. The van der Waals surface area contributed by atoms with Crippen LogP contribution in [0.5, 0.6) is 0 Å². The van der Waals surface area contributed by atoms with Crippen LogP contribution in [0.1, 0.15) is 37.8 Å². The van der Waals surface area contributed by atoms with Crippen molar-refractivity contribution in [3.63, 3.8) is 0 Å². The van der Waals surface area contributed by atoms with E-state index in [1.165, 1.54) is 7.05 Å². The predicted octanol–water partition coefficient (Wildman–Crippen LogP) is 3.85. The fourth-order valence-corrected chi connectivity index (χ4v) is 3.66. The topological polar surface area (TPSA) is 105 Å². The summed E-state index contributed by atoms with van der Waals surface area (Å²) in [5.74, 6) is -1.42. The molecule has 0 aromatic heterocycles. The summed E-state index contributed by atoms with van der Waals surface area (Å²) in [6.45, 7) is 4.93. The summed E-state index contributed by atoms with van der Waals surface area (Å²) in [4.78, 5) is 37.2. The van der Waals surface area contributed by atoms with Crippen molar-refractivity contribution < 1.29 is 29.0 Å². The Balaban J connectivity index is 1.62. The summed E-state index contributed by atoms with van der Waals surface area (Å²) < 4.78 is 10.6. The van der Waals surface area contributed by atoms with Crippen LogP contribution >= 0.6 is 0 Å². The average Bonchev–Trinajstić information content (AvgIpc) is 3.04. The number of nitrogens with zero attached hydrogens (tertiary/aromatic N) is 1. The number of nitrogens with one attached hydrogen (secondary N) is 1. The zero-order valence-corrected chi connectivity index (χ0v) is 18.6. The Kier molecular flexibility index (Phi) is 6.72. The molecule has 1 aliphatic carbocycles. The normalized spacial score (nSPS) is 13.5. The molecule has 0 saturated heterocycles. The largest absolute Gasteiger partial charge is 0.480 e. The van der Waals surface area contributed by atoms with Gasteiger partial charge >= 0.3 is 18.2 Å². The van der Waals surface area contributed by atoms with Crippen molar-refractivity contribution in [2.45, 2.75) is 38.3 Å². The van der Waals surface area contributed by atoms with Gasteiger partial charge in [-0.25, -0.2) is 14.4 Å². The molecule has 0 spiro atoms. The SMILES string of the molecule is CN(C[C@@H](NC(=O)OCC1c2ccccc2-c2ccccc21)C(=O)O)C(=O)OC(C)(C)C. The van der Waals surface area contributed by atoms with Gasteiger partial charge in [0.15, 0.2) is 0 Å². The predicted molar refractivity (Wildman–Crippen MR) is 118 cm³/mol. The number of hydrogen-bond donors (Lipinski definition) is 2. The highest BCUT2D eigenvalue weighted by molar-refractivity contribution is 5.81. The van der Waals surface area contributed by atoms with Crippen LogP contribution in [0.25, 0.3) is 11.1 Å². The molecule has 170 valence electrons. The third-order valence-corrected chi connectivity index (χ3v) is 5.10. The van der Waals surface area contributed by atoms with E-state index in [2.05, 4.69) is 5.32 Å². The van der Waals surface area contributed by atoms with E-state index in [-0.39, 0.29) is 19.1 Å². The van der Waals surface area contributed by atoms with E-state index in [9.17, 15) is 19.5 Å². The van der Waals surface area contributed by atoms with Gasteiger partial charge < -0.3 is 24.8 Å². The van der Waals surface area contributed by atoms with Crippen LogP contribution in [-0.4, -0.2) is 60.0 Å². The highest BCUT2D eigenvalue weighted by Gasteiger charge is 2.30. The molecule has 8 heteroatoms. The number of fused-ring (bicyclic) bond motifs is 3. The maximum absolute atomic E-state index is 12.4. The molecule has 0 unspecified atom stereocenters. The van der Waals surface area contributed by atoms with Gasteiger partial charge in [0.05, 0.1) is 6.54 Å². The smallest absolute Gasteiger partial charge is 0.410 e. The van der Waals surface area contributed by atoms with E-state index in [1.54, 1.807) is 20.8 Å². The molecule has 32 heavy (non-hydrogen) atoms. The highest BCUT2D eigenvalue weighted by atomic mass is 16.6. The van der Waals surface area contributed by atoms with E-state index < -0.39 is 29.8 Å². The number of amides is 2. The molecule has 0 fully saturated rings. The van der Waals surface area contributed by atoms with Crippen LogP contribution in [0.3, 0.4) is 0 Å². The number of ether oxygens (including phenoxy) is 2. The first-order chi connectivity index (χ1) is 15.1. The minimum Gasteiger partial charge on any atom is -0.480 e. The minimum absolute atomic E-state index is 0.0636.